The highest BCUT2D eigenvalue weighted by molar-refractivity contribution is 5.90. The van der Waals surface area contributed by atoms with E-state index in [4.69, 9.17) is 0 Å². The van der Waals surface area contributed by atoms with Gasteiger partial charge in [-0.2, -0.15) is 13.2 Å². The number of benzene rings is 1. The number of hydrogen-bond donors (Lipinski definition) is 2. The summed E-state index contributed by atoms with van der Waals surface area (Å²) >= 11 is 0. The number of amides is 1. The zero-order valence-electron chi connectivity index (χ0n) is 13.5. The molecule has 0 radical (unpaired) electrons. The standard InChI is InChI=1S/C15H15F5N4O2/c1-24-14(26)22-12(23-24)13(25)21-7-8(6-15(18,19)20)4-9-2-3-10(16)5-11(9)17/h2-3,5,8H,4,6-7H2,1H3,(H,21,25)(H,22,23,26)/t8-/m0/s1. The lowest BCUT2D eigenvalue weighted by Crippen LogP contribution is -2.33. The van der Waals surface area contributed by atoms with Crippen molar-refractivity contribution in [3.05, 3.63) is 51.7 Å². The summed E-state index contributed by atoms with van der Waals surface area (Å²) in [6.07, 6.45) is -6.17. The summed E-state index contributed by atoms with van der Waals surface area (Å²) in [5, 5.41) is 5.82. The maximum Gasteiger partial charge on any atom is 0.389 e. The molecule has 1 aromatic carbocycles. The van der Waals surface area contributed by atoms with Gasteiger partial charge in [0.2, 0.25) is 5.82 Å². The molecular weight excluding hydrogens is 363 g/mol. The molecule has 0 saturated heterocycles. The van der Waals surface area contributed by atoms with Gasteiger partial charge in [0.1, 0.15) is 11.6 Å². The number of carbonyl (C=O) groups is 1. The fourth-order valence-electron chi connectivity index (χ4n) is 2.37. The largest absolute Gasteiger partial charge is 0.389 e. The van der Waals surface area contributed by atoms with Crippen LogP contribution in [0.15, 0.2) is 23.0 Å². The van der Waals surface area contributed by atoms with Crippen LogP contribution in [0, 0.1) is 17.6 Å². The van der Waals surface area contributed by atoms with E-state index >= 15 is 0 Å². The van der Waals surface area contributed by atoms with Crippen LogP contribution in [0.25, 0.3) is 0 Å². The third-order valence-corrected chi connectivity index (χ3v) is 3.58. The highest BCUT2D eigenvalue weighted by Crippen LogP contribution is 2.27. The van der Waals surface area contributed by atoms with Crippen molar-refractivity contribution in [1.82, 2.24) is 20.1 Å². The van der Waals surface area contributed by atoms with Crippen LogP contribution >= 0.6 is 0 Å². The van der Waals surface area contributed by atoms with Crippen molar-refractivity contribution < 1.29 is 26.7 Å². The van der Waals surface area contributed by atoms with Crippen LogP contribution in [0.3, 0.4) is 0 Å². The minimum absolute atomic E-state index is 0.0962. The molecule has 0 bridgehead atoms. The first kappa shape index (κ1) is 19.6. The number of nitrogens with zero attached hydrogens (tertiary/aromatic N) is 2. The molecule has 26 heavy (non-hydrogen) atoms. The lowest BCUT2D eigenvalue weighted by molar-refractivity contribution is -0.144. The van der Waals surface area contributed by atoms with Crippen LogP contribution in [0.1, 0.15) is 22.6 Å². The number of hydrogen-bond acceptors (Lipinski definition) is 3. The minimum Gasteiger partial charge on any atom is -0.349 e. The third-order valence-electron chi connectivity index (χ3n) is 3.58. The van der Waals surface area contributed by atoms with Crippen molar-refractivity contribution in [2.45, 2.75) is 19.0 Å². The lowest BCUT2D eigenvalue weighted by Gasteiger charge is -2.19. The summed E-state index contributed by atoms with van der Waals surface area (Å²) in [4.78, 5) is 25.2. The van der Waals surface area contributed by atoms with Crippen LogP contribution in [0.4, 0.5) is 22.0 Å². The Morgan fingerprint density at radius 1 is 1.35 bits per heavy atom. The van der Waals surface area contributed by atoms with Crippen LogP contribution < -0.4 is 11.0 Å². The Morgan fingerprint density at radius 3 is 2.58 bits per heavy atom. The number of aryl methyl sites for hydroxylation is 1. The predicted octanol–water partition coefficient (Wildman–Crippen LogP) is 1.93. The maximum atomic E-state index is 13.7. The van der Waals surface area contributed by atoms with Crippen LogP contribution in [0.5, 0.6) is 0 Å². The van der Waals surface area contributed by atoms with Crippen LogP contribution in [0.2, 0.25) is 0 Å². The van der Waals surface area contributed by atoms with E-state index in [1.165, 1.54) is 7.05 Å². The SMILES string of the molecule is Cn1nc(C(=O)NC[C@@H](Cc2ccc(F)cc2F)CC(F)(F)F)[nH]c1=O. The zero-order valence-corrected chi connectivity index (χ0v) is 13.5. The van der Waals surface area contributed by atoms with Gasteiger partial charge in [-0.3, -0.25) is 9.78 Å². The van der Waals surface area contributed by atoms with Crippen molar-refractivity contribution in [3.63, 3.8) is 0 Å². The van der Waals surface area contributed by atoms with Gasteiger partial charge in [-0.1, -0.05) is 6.07 Å². The number of aromatic nitrogens is 3. The van der Waals surface area contributed by atoms with Gasteiger partial charge in [-0.15, -0.1) is 5.10 Å². The quantitative estimate of drug-likeness (QED) is 0.754. The Hall–Kier alpha value is -2.72. The van der Waals surface area contributed by atoms with E-state index in [-0.39, 0.29) is 17.8 Å². The van der Waals surface area contributed by atoms with Gasteiger partial charge in [0, 0.05) is 26.1 Å². The summed E-state index contributed by atoms with van der Waals surface area (Å²) < 4.78 is 65.7. The van der Waals surface area contributed by atoms with Crippen molar-refractivity contribution in [2.24, 2.45) is 13.0 Å². The monoisotopic (exact) mass is 378 g/mol. The average Bonchev–Trinajstić information content (AvgIpc) is 2.85. The normalized spacial score (nSPS) is 12.8. The molecule has 0 spiro atoms. The molecular formula is C15H15F5N4O2. The lowest BCUT2D eigenvalue weighted by atomic mass is 9.95. The summed E-state index contributed by atoms with van der Waals surface area (Å²) in [6.45, 7) is -0.437. The van der Waals surface area contributed by atoms with E-state index in [2.05, 4.69) is 15.4 Å². The van der Waals surface area contributed by atoms with E-state index in [1.54, 1.807) is 0 Å². The Labute approximate surface area is 144 Å². The number of aromatic amines is 1. The van der Waals surface area contributed by atoms with Gasteiger partial charge in [0.15, 0.2) is 0 Å². The maximum absolute atomic E-state index is 13.7. The van der Waals surface area contributed by atoms with E-state index < -0.39 is 48.3 Å². The highest BCUT2D eigenvalue weighted by Gasteiger charge is 2.32. The number of rotatable bonds is 6. The number of H-pyrrole nitrogens is 1. The molecule has 2 N–H and O–H groups in total. The van der Waals surface area contributed by atoms with Crippen molar-refractivity contribution in [3.8, 4) is 0 Å². The minimum atomic E-state index is -4.54. The van der Waals surface area contributed by atoms with Crippen molar-refractivity contribution in [2.75, 3.05) is 6.54 Å². The zero-order chi connectivity index (χ0) is 19.5. The predicted molar refractivity (Wildman–Crippen MR) is 80.4 cm³/mol. The molecule has 2 aromatic rings. The summed E-state index contributed by atoms with van der Waals surface area (Å²) in [6, 6.07) is 2.59. The first-order chi connectivity index (χ1) is 12.0. The second-order valence-corrected chi connectivity index (χ2v) is 5.74. The van der Waals surface area contributed by atoms with Gasteiger partial charge < -0.3 is 5.32 Å². The molecule has 0 fully saturated rings. The van der Waals surface area contributed by atoms with Gasteiger partial charge in [-0.05, 0) is 24.0 Å². The van der Waals surface area contributed by atoms with E-state index in [0.717, 1.165) is 16.8 Å². The number of carbonyl (C=O) groups excluding carboxylic acids is 1. The van der Waals surface area contributed by atoms with E-state index in [9.17, 15) is 31.5 Å². The van der Waals surface area contributed by atoms with Crippen LogP contribution in [-0.2, 0) is 13.5 Å². The van der Waals surface area contributed by atoms with Gasteiger partial charge in [0.05, 0.1) is 0 Å². The molecule has 1 atom stereocenters. The molecule has 1 amide bonds. The molecule has 0 aliphatic rings. The van der Waals surface area contributed by atoms with Crippen molar-refractivity contribution in [1.29, 1.82) is 0 Å². The molecule has 0 aliphatic heterocycles. The molecule has 142 valence electrons. The first-order valence-corrected chi connectivity index (χ1v) is 7.47. The Bertz CT molecular complexity index is 843. The van der Waals surface area contributed by atoms with E-state index in [1.807, 2.05) is 0 Å². The second kappa shape index (κ2) is 7.67. The molecule has 1 heterocycles. The molecule has 11 heteroatoms. The molecule has 2 rings (SSSR count). The fraction of sp³-hybridized carbons (Fsp3) is 0.400. The highest BCUT2D eigenvalue weighted by atomic mass is 19.4. The molecule has 0 aliphatic carbocycles. The first-order valence-electron chi connectivity index (χ1n) is 7.47. The third kappa shape index (κ3) is 5.39. The average molecular weight is 378 g/mol. The number of nitrogens with one attached hydrogen (secondary N) is 2. The smallest absolute Gasteiger partial charge is 0.349 e. The Morgan fingerprint density at radius 2 is 2.04 bits per heavy atom. The Balaban J connectivity index is 2.09. The Kier molecular flexibility index (Phi) is 5.78. The van der Waals surface area contributed by atoms with Crippen molar-refractivity contribution >= 4 is 5.91 Å². The number of halogens is 5. The van der Waals surface area contributed by atoms with Gasteiger partial charge in [-0.25, -0.2) is 18.3 Å². The second-order valence-electron chi connectivity index (χ2n) is 5.74. The summed E-state index contributed by atoms with van der Waals surface area (Å²) in [5.74, 6) is -4.20. The number of alkyl halides is 3. The molecule has 6 nitrogen and oxygen atoms in total. The van der Waals surface area contributed by atoms with E-state index in [0.29, 0.717) is 6.07 Å². The molecule has 0 saturated carbocycles. The molecule has 1 aromatic heterocycles. The fourth-order valence-corrected chi connectivity index (χ4v) is 2.37. The molecule has 0 unspecified atom stereocenters. The summed E-state index contributed by atoms with van der Waals surface area (Å²) in [5.41, 5.74) is -0.753. The topological polar surface area (TPSA) is 79.8 Å². The van der Waals surface area contributed by atoms with Gasteiger partial charge >= 0.3 is 11.9 Å². The van der Waals surface area contributed by atoms with Gasteiger partial charge in [0.25, 0.3) is 5.91 Å². The summed E-state index contributed by atoms with van der Waals surface area (Å²) in [7, 11) is 1.29. The van der Waals surface area contributed by atoms with Crippen LogP contribution in [-0.4, -0.2) is 33.4 Å².